The molecule has 0 fully saturated rings. The normalized spacial score (nSPS) is 11.4. The van der Waals surface area contributed by atoms with Crippen LogP contribution in [0, 0.1) is 0 Å². The number of carboxylic acids is 1. The number of fused-ring (bicyclic) bond motifs is 1. The van der Waals surface area contributed by atoms with Crippen molar-refractivity contribution >= 4 is 40.1 Å². The topological polar surface area (TPSA) is 88.3 Å². The van der Waals surface area contributed by atoms with E-state index in [4.69, 9.17) is 32.5 Å². The Hall–Kier alpha value is -3.74. The highest BCUT2D eigenvalue weighted by molar-refractivity contribution is 6.39. The molecule has 2 N–H and O–H groups in total. The summed E-state index contributed by atoms with van der Waals surface area (Å²) in [7, 11) is 0. The van der Waals surface area contributed by atoms with Gasteiger partial charge in [0.15, 0.2) is 0 Å². The van der Waals surface area contributed by atoms with E-state index in [1.165, 1.54) is 6.20 Å². The lowest BCUT2D eigenvalue weighted by Crippen LogP contribution is -2.01. The van der Waals surface area contributed by atoms with Gasteiger partial charge in [-0.1, -0.05) is 72.5 Å². The van der Waals surface area contributed by atoms with Crippen molar-refractivity contribution in [2.24, 2.45) is 0 Å². The lowest BCUT2D eigenvalue weighted by Gasteiger charge is -2.11. The maximum atomic E-state index is 11.4. The van der Waals surface area contributed by atoms with Gasteiger partial charge >= 0.3 is 5.97 Å². The summed E-state index contributed by atoms with van der Waals surface area (Å²) in [6.07, 6.45) is 1.51. The zero-order valence-corrected chi connectivity index (χ0v) is 21.0. The van der Waals surface area contributed by atoms with Gasteiger partial charge in [-0.25, -0.2) is 4.79 Å². The van der Waals surface area contributed by atoms with Gasteiger partial charge in [-0.15, -0.1) is 0 Å². The number of H-pyrrole nitrogens is 1. The molecule has 2 aromatic heterocycles. The fourth-order valence-electron chi connectivity index (χ4n) is 4.22. The van der Waals surface area contributed by atoms with Crippen molar-refractivity contribution in [2.45, 2.75) is 26.4 Å². The second kappa shape index (κ2) is 9.72. The summed E-state index contributed by atoms with van der Waals surface area (Å²) in [6.45, 7) is 4.29. The number of nitrogens with zero attached hydrogens (tertiary/aromatic N) is 1. The van der Waals surface area contributed by atoms with Crippen LogP contribution in [-0.2, 0) is 6.61 Å². The van der Waals surface area contributed by atoms with Gasteiger partial charge in [0.1, 0.15) is 23.8 Å². The summed E-state index contributed by atoms with van der Waals surface area (Å²) >= 11 is 12.9. The molecule has 0 radical (unpaired) electrons. The number of carbonyl (C=O) groups is 1. The van der Waals surface area contributed by atoms with E-state index in [2.05, 4.69) is 10.1 Å². The molecule has 0 saturated heterocycles. The number of aromatic nitrogens is 2. The Balaban J connectivity index is 1.39. The molecule has 0 bridgehead atoms. The summed E-state index contributed by atoms with van der Waals surface area (Å²) in [6, 6.07) is 18.7. The number of aromatic amines is 1. The van der Waals surface area contributed by atoms with E-state index >= 15 is 0 Å². The zero-order chi connectivity index (χ0) is 25.4. The molecule has 0 aliphatic rings. The number of aromatic carboxylic acids is 1. The van der Waals surface area contributed by atoms with Gasteiger partial charge < -0.3 is 19.4 Å². The van der Waals surface area contributed by atoms with E-state index in [1.807, 2.05) is 56.3 Å². The minimum absolute atomic E-state index is 0.0954. The lowest BCUT2D eigenvalue weighted by molar-refractivity contribution is 0.0699. The first-order chi connectivity index (χ1) is 17.3. The maximum Gasteiger partial charge on any atom is 0.337 e. The van der Waals surface area contributed by atoms with Crippen molar-refractivity contribution in [3.63, 3.8) is 0 Å². The molecule has 0 amide bonds. The van der Waals surface area contributed by atoms with Crippen molar-refractivity contribution in [3.05, 3.63) is 93.8 Å². The molecule has 182 valence electrons. The zero-order valence-electron chi connectivity index (χ0n) is 19.5. The van der Waals surface area contributed by atoms with Crippen LogP contribution in [0.2, 0.25) is 10.0 Å². The van der Waals surface area contributed by atoms with Gasteiger partial charge in [0.2, 0.25) is 0 Å². The predicted molar refractivity (Wildman–Crippen MR) is 141 cm³/mol. The molecule has 8 heteroatoms. The number of ether oxygens (including phenoxy) is 1. The van der Waals surface area contributed by atoms with Crippen molar-refractivity contribution in [2.75, 3.05) is 0 Å². The third-order valence-corrected chi connectivity index (χ3v) is 6.66. The second-order valence-electron chi connectivity index (χ2n) is 8.71. The highest BCUT2D eigenvalue weighted by Gasteiger charge is 2.23. The molecular formula is C28H22Cl2N2O4. The van der Waals surface area contributed by atoms with Crippen molar-refractivity contribution in [3.8, 4) is 28.1 Å². The number of carboxylic acid groups (broad SMARTS) is 1. The minimum atomic E-state index is -0.955. The molecule has 0 unspecified atom stereocenters. The molecule has 2 heterocycles. The van der Waals surface area contributed by atoms with E-state index in [1.54, 1.807) is 18.2 Å². The van der Waals surface area contributed by atoms with Gasteiger partial charge in [-0.2, -0.15) is 0 Å². The van der Waals surface area contributed by atoms with Crippen LogP contribution >= 0.6 is 23.2 Å². The number of nitrogens with one attached hydrogen (secondary N) is 1. The number of halogens is 2. The van der Waals surface area contributed by atoms with Gasteiger partial charge in [-0.05, 0) is 41.5 Å². The molecule has 0 atom stereocenters. The van der Waals surface area contributed by atoms with E-state index in [-0.39, 0.29) is 18.1 Å². The standard InChI is InChI=1S/C28H22Cl2N2O4/c1-15(2)27-21(26(32-36-27)25-22(29)4-3-5-23(25)30)14-35-18-9-6-16(7-10-18)17-8-11-19-20(28(33)34)13-31-24(19)12-17/h3-13,15,31H,14H2,1-2H3,(H,33,34). The third-order valence-electron chi connectivity index (χ3n) is 6.03. The number of hydrogen-bond acceptors (Lipinski definition) is 4. The molecule has 0 aliphatic carbocycles. The van der Waals surface area contributed by atoms with Crippen molar-refractivity contribution in [1.29, 1.82) is 0 Å². The van der Waals surface area contributed by atoms with Crippen LogP contribution < -0.4 is 4.74 Å². The first-order valence-electron chi connectivity index (χ1n) is 11.3. The molecule has 5 aromatic rings. The highest BCUT2D eigenvalue weighted by Crippen LogP contribution is 2.39. The molecule has 6 nitrogen and oxygen atoms in total. The Morgan fingerprint density at radius 3 is 2.42 bits per heavy atom. The maximum absolute atomic E-state index is 11.4. The fourth-order valence-corrected chi connectivity index (χ4v) is 4.79. The Labute approximate surface area is 217 Å². The first kappa shape index (κ1) is 24.0. The number of rotatable bonds is 7. The predicted octanol–water partition coefficient (Wildman–Crippen LogP) is 8.20. The smallest absolute Gasteiger partial charge is 0.337 e. The van der Waals surface area contributed by atoms with E-state index in [0.717, 1.165) is 28.0 Å². The van der Waals surface area contributed by atoms with E-state index in [9.17, 15) is 9.90 Å². The Morgan fingerprint density at radius 2 is 1.75 bits per heavy atom. The monoisotopic (exact) mass is 520 g/mol. The average molecular weight is 521 g/mol. The van der Waals surface area contributed by atoms with Gasteiger partial charge in [0.25, 0.3) is 0 Å². The van der Waals surface area contributed by atoms with E-state index < -0.39 is 5.97 Å². The number of benzene rings is 3. The van der Waals surface area contributed by atoms with E-state index in [0.29, 0.717) is 32.4 Å². The van der Waals surface area contributed by atoms with Crippen molar-refractivity contribution < 1.29 is 19.2 Å². The largest absolute Gasteiger partial charge is 0.489 e. The molecule has 5 rings (SSSR count). The third kappa shape index (κ3) is 4.45. The highest BCUT2D eigenvalue weighted by atomic mass is 35.5. The van der Waals surface area contributed by atoms with Crippen LogP contribution in [0.3, 0.4) is 0 Å². The SMILES string of the molecule is CC(C)c1onc(-c2c(Cl)cccc2Cl)c1COc1ccc(-c2ccc3c(C(=O)O)c[nH]c3c2)cc1. The Bertz CT molecular complexity index is 1550. The summed E-state index contributed by atoms with van der Waals surface area (Å²) in [5, 5.41) is 15.2. The number of hydrogen-bond donors (Lipinski definition) is 2. The molecule has 0 aliphatic heterocycles. The average Bonchev–Trinajstić information content (AvgIpc) is 3.47. The molecule has 0 saturated carbocycles. The van der Waals surface area contributed by atoms with Crippen LogP contribution in [0.15, 0.2) is 71.4 Å². The van der Waals surface area contributed by atoms with Crippen LogP contribution in [0.5, 0.6) is 5.75 Å². The lowest BCUT2D eigenvalue weighted by atomic mass is 10.0. The van der Waals surface area contributed by atoms with Crippen LogP contribution in [-0.4, -0.2) is 21.2 Å². The summed E-state index contributed by atoms with van der Waals surface area (Å²) in [5.74, 6) is 0.541. The Morgan fingerprint density at radius 1 is 1.06 bits per heavy atom. The van der Waals surface area contributed by atoms with Crippen LogP contribution in [0.4, 0.5) is 0 Å². The summed E-state index contributed by atoms with van der Waals surface area (Å²) in [4.78, 5) is 14.4. The minimum Gasteiger partial charge on any atom is -0.489 e. The van der Waals surface area contributed by atoms with Crippen LogP contribution in [0.25, 0.3) is 33.3 Å². The van der Waals surface area contributed by atoms with Gasteiger partial charge in [0.05, 0.1) is 21.2 Å². The summed E-state index contributed by atoms with van der Waals surface area (Å²) < 4.78 is 11.8. The molecular weight excluding hydrogens is 499 g/mol. The summed E-state index contributed by atoms with van der Waals surface area (Å²) in [5.41, 5.74) is 4.96. The fraction of sp³-hybridized carbons (Fsp3) is 0.143. The van der Waals surface area contributed by atoms with Gasteiger partial charge in [-0.3, -0.25) is 0 Å². The second-order valence-corrected chi connectivity index (χ2v) is 9.52. The molecule has 0 spiro atoms. The quantitative estimate of drug-likeness (QED) is 0.225. The van der Waals surface area contributed by atoms with Crippen molar-refractivity contribution in [1.82, 2.24) is 10.1 Å². The molecule has 3 aromatic carbocycles. The molecule has 36 heavy (non-hydrogen) atoms. The van der Waals surface area contributed by atoms with Crippen LogP contribution in [0.1, 0.15) is 41.4 Å². The van der Waals surface area contributed by atoms with Gasteiger partial charge in [0, 0.05) is 28.6 Å². The Kier molecular flexibility index (Phi) is 6.48. The first-order valence-corrected chi connectivity index (χ1v) is 12.1.